The molecule has 21 heavy (non-hydrogen) atoms. The minimum atomic E-state index is -0.720. The Bertz CT molecular complexity index is 434. The maximum atomic E-state index is 12.7. The van der Waals surface area contributed by atoms with Crippen molar-refractivity contribution in [3.05, 3.63) is 12.2 Å². The van der Waals surface area contributed by atoms with E-state index in [9.17, 15) is 9.59 Å². The molecule has 2 unspecified atom stereocenters. The van der Waals surface area contributed by atoms with Gasteiger partial charge in [-0.2, -0.15) is 0 Å². The van der Waals surface area contributed by atoms with Crippen LogP contribution in [-0.4, -0.2) is 24.0 Å². The van der Waals surface area contributed by atoms with E-state index >= 15 is 0 Å². The van der Waals surface area contributed by atoms with Crippen molar-refractivity contribution in [2.75, 3.05) is 6.54 Å². The van der Waals surface area contributed by atoms with Gasteiger partial charge in [0, 0.05) is 6.54 Å². The third-order valence-corrected chi connectivity index (χ3v) is 3.77. The van der Waals surface area contributed by atoms with Crippen molar-refractivity contribution in [1.82, 2.24) is 5.32 Å². The van der Waals surface area contributed by atoms with Gasteiger partial charge >= 0.3 is 5.97 Å². The summed E-state index contributed by atoms with van der Waals surface area (Å²) < 4.78 is 5.55. The molecule has 1 aliphatic heterocycles. The molecule has 120 valence electrons. The summed E-state index contributed by atoms with van der Waals surface area (Å²) in [7, 11) is 0. The molecule has 0 aromatic heterocycles. The molecule has 1 rings (SSSR count). The van der Waals surface area contributed by atoms with Gasteiger partial charge in [-0.1, -0.05) is 26.0 Å². The number of nitrogens with one attached hydrogen (secondary N) is 1. The largest absolute Gasteiger partial charge is 0.459 e. The third kappa shape index (κ3) is 4.08. The number of carbonyl (C=O) groups is 2. The van der Waals surface area contributed by atoms with Crippen LogP contribution < -0.4 is 5.32 Å². The molecule has 1 amide bonds. The third-order valence-electron chi connectivity index (χ3n) is 3.77. The van der Waals surface area contributed by atoms with Crippen LogP contribution in [0.4, 0.5) is 0 Å². The van der Waals surface area contributed by atoms with Crippen molar-refractivity contribution in [2.45, 2.75) is 60.0 Å². The van der Waals surface area contributed by atoms with Gasteiger partial charge in [0.1, 0.15) is 5.60 Å². The molecule has 0 aromatic rings. The molecule has 0 saturated carbocycles. The van der Waals surface area contributed by atoms with Crippen molar-refractivity contribution in [3.63, 3.8) is 0 Å². The predicted octanol–water partition coefficient (Wildman–Crippen LogP) is 3.07. The molecule has 0 bridgehead atoms. The highest BCUT2D eigenvalue weighted by Gasteiger charge is 2.53. The Morgan fingerprint density at radius 2 is 2.00 bits per heavy atom. The van der Waals surface area contributed by atoms with Gasteiger partial charge in [0.25, 0.3) is 0 Å². The molecule has 0 aromatic carbocycles. The van der Waals surface area contributed by atoms with Gasteiger partial charge in [0.2, 0.25) is 5.91 Å². The second kappa shape index (κ2) is 6.20. The van der Waals surface area contributed by atoms with Crippen LogP contribution in [0.5, 0.6) is 0 Å². The Kier molecular flexibility index (Phi) is 5.24. The summed E-state index contributed by atoms with van der Waals surface area (Å²) in [6.07, 6.45) is 1.32. The van der Waals surface area contributed by atoms with Gasteiger partial charge in [0.15, 0.2) is 0 Å². The molecule has 1 saturated heterocycles. The van der Waals surface area contributed by atoms with Gasteiger partial charge in [-0.15, -0.1) is 0 Å². The molecule has 1 aliphatic rings. The van der Waals surface area contributed by atoms with E-state index in [1.165, 1.54) is 0 Å². The normalized spacial score (nSPS) is 23.9. The maximum Gasteiger partial charge on any atom is 0.314 e. The van der Waals surface area contributed by atoms with E-state index in [0.717, 1.165) is 0 Å². The van der Waals surface area contributed by atoms with E-state index in [4.69, 9.17) is 4.74 Å². The molecular formula is C17H29NO3. The van der Waals surface area contributed by atoms with Crippen LogP contribution in [0.2, 0.25) is 0 Å². The van der Waals surface area contributed by atoms with Crippen LogP contribution in [0.3, 0.4) is 0 Å². The van der Waals surface area contributed by atoms with E-state index < -0.39 is 16.9 Å². The van der Waals surface area contributed by atoms with Gasteiger partial charge in [-0.25, -0.2) is 0 Å². The zero-order valence-electron chi connectivity index (χ0n) is 14.2. The predicted molar refractivity (Wildman–Crippen MR) is 83.7 cm³/mol. The number of carbonyl (C=O) groups excluding carboxylic acids is 2. The topological polar surface area (TPSA) is 55.4 Å². The Labute approximate surface area is 128 Å². The first-order chi connectivity index (χ1) is 9.49. The smallest absolute Gasteiger partial charge is 0.314 e. The highest BCUT2D eigenvalue weighted by molar-refractivity contribution is 5.92. The maximum absolute atomic E-state index is 12.7. The van der Waals surface area contributed by atoms with E-state index in [1.54, 1.807) is 0 Å². The molecule has 0 aliphatic carbocycles. The summed E-state index contributed by atoms with van der Waals surface area (Å²) >= 11 is 0. The van der Waals surface area contributed by atoms with Gasteiger partial charge in [0.05, 0.1) is 11.3 Å². The quantitative estimate of drug-likeness (QED) is 0.626. The van der Waals surface area contributed by atoms with E-state index in [-0.39, 0.29) is 11.9 Å². The fourth-order valence-electron chi connectivity index (χ4n) is 3.26. The highest BCUT2D eigenvalue weighted by Crippen LogP contribution is 2.45. The van der Waals surface area contributed by atoms with Gasteiger partial charge < -0.3 is 10.1 Å². The van der Waals surface area contributed by atoms with Gasteiger partial charge in [-0.05, 0) is 46.5 Å². The molecule has 0 spiro atoms. The van der Waals surface area contributed by atoms with E-state index in [0.29, 0.717) is 30.9 Å². The zero-order valence-corrected chi connectivity index (χ0v) is 14.2. The van der Waals surface area contributed by atoms with Crippen LogP contribution in [-0.2, 0) is 14.3 Å². The summed E-state index contributed by atoms with van der Waals surface area (Å²) in [6, 6.07) is 0. The first-order valence-electron chi connectivity index (χ1n) is 7.66. The first kappa shape index (κ1) is 17.7. The first-order valence-corrected chi connectivity index (χ1v) is 7.66. The van der Waals surface area contributed by atoms with Crippen LogP contribution in [0.1, 0.15) is 54.4 Å². The van der Waals surface area contributed by atoms with Gasteiger partial charge in [-0.3, -0.25) is 9.59 Å². The van der Waals surface area contributed by atoms with Crippen molar-refractivity contribution < 1.29 is 14.3 Å². The SMILES string of the molecule is C=C(C)C(C(=O)OC(C)(C)C)C1(CC(C)C)CCNC1=O. The Balaban J connectivity index is 3.19. The molecule has 4 nitrogen and oxygen atoms in total. The molecule has 1 fully saturated rings. The minimum absolute atomic E-state index is 0.0462. The van der Waals surface area contributed by atoms with Crippen molar-refractivity contribution in [1.29, 1.82) is 0 Å². The Morgan fingerprint density at radius 1 is 1.43 bits per heavy atom. The van der Waals surface area contributed by atoms with Crippen LogP contribution in [0.25, 0.3) is 0 Å². The minimum Gasteiger partial charge on any atom is -0.459 e. The summed E-state index contributed by atoms with van der Waals surface area (Å²) in [6.45, 7) is 16.0. The molecule has 0 radical (unpaired) electrons. The van der Waals surface area contributed by atoms with Crippen LogP contribution in [0.15, 0.2) is 12.2 Å². The number of amides is 1. The number of ether oxygens (including phenoxy) is 1. The summed E-state index contributed by atoms with van der Waals surface area (Å²) in [5.74, 6) is -0.650. The molecular weight excluding hydrogens is 266 g/mol. The monoisotopic (exact) mass is 295 g/mol. The fraction of sp³-hybridized carbons (Fsp3) is 0.765. The average Bonchev–Trinajstić information content (AvgIpc) is 2.56. The van der Waals surface area contributed by atoms with E-state index in [1.807, 2.05) is 27.7 Å². The lowest BCUT2D eigenvalue weighted by Gasteiger charge is -2.36. The van der Waals surface area contributed by atoms with Crippen molar-refractivity contribution in [2.24, 2.45) is 17.3 Å². The summed E-state index contributed by atoms with van der Waals surface area (Å²) in [5, 5.41) is 2.88. The standard InChI is InChI=1S/C17H29NO3/c1-11(2)10-17(8-9-18-15(17)20)13(12(3)4)14(19)21-16(5,6)7/h11,13H,3,8-10H2,1-2,4-7H3,(H,18,20). The Morgan fingerprint density at radius 3 is 2.33 bits per heavy atom. The number of hydrogen-bond acceptors (Lipinski definition) is 3. The second-order valence-corrected chi connectivity index (χ2v) is 7.57. The number of rotatable bonds is 5. The molecule has 1 heterocycles. The Hall–Kier alpha value is -1.32. The highest BCUT2D eigenvalue weighted by atomic mass is 16.6. The summed E-state index contributed by atoms with van der Waals surface area (Å²) in [4.78, 5) is 25.1. The molecule has 4 heteroatoms. The lowest BCUT2D eigenvalue weighted by atomic mass is 9.66. The number of hydrogen-bond donors (Lipinski definition) is 1. The fourth-order valence-corrected chi connectivity index (χ4v) is 3.26. The number of esters is 1. The van der Waals surface area contributed by atoms with Crippen molar-refractivity contribution >= 4 is 11.9 Å². The van der Waals surface area contributed by atoms with E-state index in [2.05, 4.69) is 25.7 Å². The molecule has 1 N–H and O–H groups in total. The van der Waals surface area contributed by atoms with Crippen LogP contribution >= 0.6 is 0 Å². The molecule has 2 atom stereocenters. The van der Waals surface area contributed by atoms with Crippen LogP contribution in [0, 0.1) is 17.3 Å². The summed E-state index contributed by atoms with van der Waals surface area (Å²) in [5.41, 5.74) is -0.594. The average molecular weight is 295 g/mol. The lowest BCUT2D eigenvalue weighted by Crippen LogP contribution is -2.45. The lowest BCUT2D eigenvalue weighted by molar-refractivity contribution is -0.165. The second-order valence-electron chi connectivity index (χ2n) is 7.57. The zero-order chi connectivity index (χ0) is 16.4. The van der Waals surface area contributed by atoms with Crippen molar-refractivity contribution in [3.8, 4) is 0 Å².